The highest BCUT2D eigenvalue weighted by molar-refractivity contribution is 7.89. The van der Waals surface area contributed by atoms with Crippen molar-refractivity contribution in [3.8, 4) is 11.4 Å². The molecule has 1 amide bonds. The van der Waals surface area contributed by atoms with Gasteiger partial charge in [-0.05, 0) is 55.7 Å². The predicted molar refractivity (Wildman–Crippen MR) is 158 cm³/mol. The van der Waals surface area contributed by atoms with E-state index in [9.17, 15) is 17.6 Å². The van der Waals surface area contributed by atoms with Gasteiger partial charge < -0.3 is 15.5 Å². The van der Waals surface area contributed by atoms with E-state index in [0.717, 1.165) is 42.2 Å². The summed E-state index contributed by atoms with van der Waals surface area (Å²) in [7, 11) is -0.799. The molecule has 6 rings (SSSR count). The highest BCUT2D eigenvalue weighted by Crippen LogP contribution is 2.38. The molecule has 12 heteroatoms. The summed E-state index contributed by atoms with van der Waals surface area (Å²) in [5.41, 5.74) is 3.11. The maximum absolute atomic E-state index is 14.7. The molecular formula is C30H32FN7O3S. The van der Waals surface area contributed by atoms with E-state index in [4.69, 9.17) is 9.97 Å². The average molecular weight is 590 g/mol. The molecule has 2 aliphatic rings. The van der Waals surface area contributed by atoms with Crippen LogP contribution in [0.1, 0.15) is 34.5 Å². The first kappa shape index (κ1) is 28.1. The zero-order valence-corrected chi connectivity index (χ0v) is 24.5. The Kier molecular flexibility index (Phi) is 7.16. The Morgan fingerprint density at radius 2 is 1.90 bits per heavy atom. The van der Waals surface area contributed by atoms with Crippen LogP contribution in [0.25, 0.3) is 22.3 Å². The molecule has 4 heterocycles. The number of halogens is 1. The van der Waals surface area contributed by atoms with Crippen molar-refractivity contribution in [1.29, 1.82) is 0 Å². The lowest BCUT2D eigenvalue weighted by molar-refractivity contribution is 0.0950. The molecule has 1 saturated heterocycles. The van der Waals surface area contributed by atoms with E-state index >= 15 is 0 Å². The molecule has 218 valence electrons. The van der Waals surface area contributed by atoms with Crippen LogP contribution >= 0.6 is 0 Å². The van der Waals surface area contributed by atoms with Crippen LogP contribution in [-0.4, -0.2) is 72.9 Å². The van der Waals surface area contributed by atoms with Crippen LogP contribution in [0, 0.1) is 12.7 Å². The molecule has 1 saturated carbocycles. The number of aryl methyl sites for hydroxylation is 1. The Balaban J connectivity index is 1.21. The largest absolute Gasteiger partial charge is 0.353 e. The molecule has 1 aliphatic heterocycles. The van der Waals surface area contributed by atoms with Gasteiger partial charge in [0.25, 0.3) is 5.91 Å². The van der Waals surface area contributed by atoms with Gasteiger partial charge in [-0.1, -0.05) is 6.07 Å². The Labute approximate surface area is 244 Å². The summed E-state index contributed by atoms with van der Waals surface area (Å²) >= 11 is 0. The van der Waals surface area contributed by atoms with E-state index in [-0.39, 0.29) is 28.4 Å². The highest BCUT2D eigenvalue weighted by Gasteiger charge is 2.45. The number of anilines is 1. The number of hydrogen-bond donors (Lipinski definition) is 2. The van der Waals surface area contributed by atoms with Gasteiger partial charge >= 0.3 is 0 Å². The number of sulfonamides is 1. The molecule has 0 atom stereocenters. The minimum absolute atomic E-state index is 0.0822. The van der Waals surface area contributed by atoms with Crippen molar-refractivity contribution in [2.24, 2.45) is 0 Å². The molecule has 10 nitrogen and oxygen atoms in total. The normalized spacial score (nSPS) is 16.3. The van der Waals surface area contributed by atoms with Crippen molar-refractivity contribution in [1.82, 2.24) is 29.9 Å². The molecule has 0 bridgehead atoms. The number of nitrogens with zero attached hydrogens (tertiary/aromatic N) is 5. The lowest BCUT2D eigenvalue weighted by Crippen LogP contribution is -2.52. The van der Waals surface area contributed by atoms with Crippen molar-refractivity contribution in [3.05, 3.63) is 77.4 Å². The molecule has 0 unspecified atom stereocenters. The third-order valence-corrected chi connectivity index (χ3v) is 9.82. The molecule has 1 spiro atoms. The predicted octanol–water partition coefficient (Wildman–Crippen LogP) is 3.26. The SMILES string of the molecule is Cc1ccc(C(=O)NCc2cc3nc(-c4cc(F)cc(N5CCNC6(CC6)C5)n4)ccc3cn2)cc1S(=O)(=O)N(C)C. The summed E-state index contributed by atoms with van der Waals surface area (Å²) in [6.45, 7) is 4.21. The topological polar surface area (TPSA) is 120 Å². The maximum Gasteiger partial charge on any atom is 0.251 e. The number of nitrogens with one attached hydrogen (secondary N) is 2. The smallest absolute Gasteiger partial charge is 0.251 e. The third-order valence-electron chi connectivity index (χ3n) is 7.86. The van der Waals surface area contributed by atoms with Gasteiger partial charge in [-0.15, -0.1) is 0 Å². The number of fused-ring (bicyclic) bond motifs is 1. The van der Waals surface area contributed by atoms with Crippen LogP contribution < -0.4 is 15.5 Å². The van der Waals surface area contributed by atoms with E-state index in [1.807, 2.05) is 6.07 Å². The molecular weight excluding hydrogens is 557 g/mol. The first-order chi connectivity index (χ1) is 20.0. The van der Waals surface area contributed by atoms with Gasteiger partial charge in [-0.25, -0.2) is 27.1 Å². The summed E-state index contributed by atoms with van der Waals surface area (Å²) in [5, 5.41) is 7.16. The summed E-state index contributed by atoms with van der Waals surface area (Å²) in [4.78, 5) is 29.1. The van der Waals surface area contributed by atoms with Crippen molar-refractivity contribution < 1.29 is 17.6 Å². The minimum atomic E-state index is -3.70. The first-order valence-corrected chi connectivity index (χ1v) is 15.2. The lowest BCUT2D eigenvalue weighted by atomic mass is 10.1. The second-order valence-electron chi connectivity index (χ2n) is 11.2. The van der Waals surface area contributed by atoms with E-state index in [0.29, 0.717) is 34.0 Å². The Morgan fingerprint density at radius 1 is 1.10 bits per heavy atom. The number of rotatable bonds is 7. The minimum Gasteiger partial charge on any atom is -0.353 e. The van der Waals surface area contributed by atoms with E-state index in [1.54, 1.807) is 37.4 Å². The fourth-order valence-electron chi connectivity index (χ4n) is 5.20. The molecule has 1 aliphatic carbocycles. The number of benzene rings is 1. The summed E-state index contributed by atoms with van der Waals surface area (Å²) in [5.74, 6) is -0.183. The molecule has 1 aromatic carbocycles. The van der Waals surface area contributed by atoms with Gasteiger partial charge in [0.1, 0.15) is 11.6 Å². The number of hydrogen-bond acceptors (Lipinski definition) is 8. The van der Waals surface area contributed by atoms with Crippen LogP contribution in [0.4, 0.5) is 10.2 Å². The fourth-order valence-corrected chi connectivity index (χ4v) is 6.34. The van der Waals surface area contributed by atoms with Crippen LogP contribution in [0.2, 0.25) is 0 Å². The molecule has 2 fully saturated rings. The fraction of sp³-hybridized carbons (Fsp3) is 0.333. The molecule has 42 heavy (non-hydrogen) atoms. The standard InChI is InChI=1S/C30H32FN7O3S/c1-19-4-5-20(12-27(19)42(40,41)37(2)3)29(39)33-17-23-15-25-21(16-32-23)6-7-24(35-25)26-13-22(31)14-28(36-26)38-11-10-34-30(18-38)8-9-30/h4-7,12-16,34H,8-11,17-18H2,1-3H3,(H,33,39). The zero-order valence-electron chi connectivity index (χ0n) is 23.7. The molecule has 2 N–H and O–H groups in total. The second kappa shape index (κ2) is 10.7. The van der Waals surface area contributed by atoms with Crippen LogP contribution in [0.5, 0.6) is 0 Å². The average Bonchev–Trinajstić information content (AvgIpc) is 3.72. The van der Waals surface area contributed by atoms with E-state index in [1.165, 1.54) is 32.3 Å². The molecule has 0 radical (unpaired) electrons. The zero-order chi connectivity index (χ0) is 29.6. The Morgan fingerprint density at radius 3 is 2.67 bits per heavy atom. The van der Waals surface area contributed by atoms with Gasteiger partial charge in [-0.2, -0.15) is 0 Å². The number of pyridine rings is 3. The number of aromatic nitrogens is 3. The van der Waals surface area contributed by atoms with Crippen LogP contribution in [0.3, 0.4) is 0 Å². The number of carbonyl (C=O) groups is 1. The van der Waals surface area contributed by atoms with Gasteiger partial charge in [-0.3, -0.25) is 9.78 Å². The quantitative estimate of drug-likeness (QED) is 0.337. The van der Waals surface area contributed by atoms with E-state index < -0.39 is 15.9 Å². The summed E-state index contributed by atoms with van der Waals surface area (Å²) in [6, 6.07) is 12.9. The lowest BCUT2D eigenvalue weighted by Gasteiger charge is -2.35. The molecule has 4 aromatic rings. The van der Waals surface area contributed by atoms with E-state index in [2.05, 4.69) is 20.5 Å². The van der Waals surface area contributed by atoms with Gasteiger partial charge in [0, 0.05) is 68.5 Å². The van der Waals surface area contributed by atoms with Crippen molar-refractivity contribution in [3.63, 3.8) is 0 Å². The second-order valence-corrected chi connectivity index (χ2v) is 13.3. The molecule has 3 aromatic heterocycles. The van der Waals surface area contributed by atoms with Gasteiger partial charge in [0.05, 0.1) is 34.0 Å². The Hall–Kier alpha value is -4.00. The van der Waals surface area contributed by atoms with Crippen LogP contribution in [-0.2, 0) is 16.6 Å². The number of piperazine rings is 1. The monoisotopic (exact) mass is 589 g/mol. The van der Waals surface area contributed by atoms with Crippen molar-refractivity contribution >= 4 is 32.7 Å². The maximum atomic E-state index is 14.7. The Bertz CT molecular complexity index is 1810. The van der Waals surface area contributed by atoms with Crippen molar-refractivity contribution in [2.45, 2.75) is 36.7 Å². The van der Waals surface area contributed by atoms with Crippen molar-refractivity contribution in [2.75, 3.05) is 38.6 Å². The number of carbonyl (C=O) groups excluding carboxylic acids is 1. The highest BCUT2D eigenvalue weighted by atomic mass is 32.2. The summed E-state index contributed by atoms with van der Waals surface area (Å²) in [6.07, 6.45) is 3.92. The first-order valence-electron chi connectivity index (χ1n) is 13.8. The van der Waals surface area contributed by atoms with Gasteiger partial charge in [0.2, 0.25) is 10.0 Å². The van der Waals surface area contributed by atoms with Crippen LogP contribution in [0.15, 0.2) is 59.6 Å². The number of amides is 1. The van der Waals surface area contributed by atoms with Gasteiger partial charge in [0.15, 0.2) is 0 Å². The third kappa shape index (κ3) is 5.57. The summed E-state index contributed by atoms with van der Waals surface area (Å²) < 4.78 is 41.2.